The SMILES string of the molecule is CCn1c(=NC(=O)CCCS(=O)(=O)c2ccc(F)cc2)sc2cc(C(=O)OC)ccc21. The molecule has 0 aliphatic carbocycles. The van der Waals surface area contributed by atoms with Gasteiger partial charge in [-0.3, -0.25) is 4.79 Å². The van der Waals surface area contributed by atoms with Crippen LogP contribution in [0.25, 0.3) is 10.2 Å². The number of sulfone groups is 1. The highest BCUT2D eigenvalue weighted by Crippen LogP contribution is 2.20. The third kappa shape index (κ3) is 5.26. The molecule has 0 bridgehead atoms. The maximum atomic E-state index is 13.0. The van der Waals surface area contributed by atoms with Gasteiger partial charge in [-0.25, -0.2) is 17.6 Å². The highest BCUT2D eigenvalue weighted by atomic mass is 32.2. The van der Waals surface area contributed by atoms with E-state index in [-0.39, 0.29) is 23.5 Å². The molecule has 3 rings (SSSR count). The van der Waals surface area contributed by atoms with Gasteiger partial charge in [-0.2, -0.15) is 4.99 Å². The molecular formula is C21H21FN2O5S2. The smallest absolute Gasteiger partial charge is 0.337 e. The molecule has 2 aromatic carbocycles. The number of ether oxygens (including phenoxy) is 1. The fourth-order valence-corrected chi connectivity index (χ4v) is 5.51. The van der Waals surface area contributed by atoms with Crippen molar-refractivity contribution in [3.05, 3.63) is 58.6 Å². The second-order valence-corrected chi connectivity index (χ2v) is 9.80. The Hall–Kier alpha value is -2.85. The first-order valence-electron chi connectivity index (χ1n) is 9.52. The minimum atomic E-state index is -3.60. The van der Waals surface area contributed by atoms with Gasteiger partial charge in [0.2, 0.25) is 5.91 Å². The van der Waals surface area contributed by atoms with Gasteiger partial charge in [-0.05, 0) is 55.8 Å². The molecule has 164 valence electrons. The summed E-state index contributed by atoms with van der Waals surface area (Å²) < 4.78 is 45.0. The van der Waals surface area contributed by atoms with E-state index < -0.39 is 27.5 Å². The van der Waals surface area contributed by atoms with Crippen LogP contribution in [-0.4, -0.2) is 37.7 Å². The number of methoxy groups -OCH3 is 1. The third-order valence-corrected chi connectivity index (χ3v) is 7.47. The largest absolute Gasteiger partial charge is 0.465 e. The van der Waals surface area contributed by atoms with E-state index in [1.165, 1.54) is 30.6 Å². The van der Waals surface area contributed by atoms with Crippen molar-refractivity contribution in [3.8, 4) is 0 Å². The molecule has 0 N–H and O–H groups in total. The Kier molecular flexibility index (Phi) is 7.01. The van der Waals surface area contributed by atoms with Gasteiger partial charge in [0.25, 0.3) is 0 Å². The summed E-state index contributed by atoms with van der Waals surface area (Å²) in [6.45, 7) is 2.49. The van der Waals surface area contributed by atoms with Crippen molar-refractivity contribution in [2.24, 2.45) is 4.99 Å². The zero-order valence-electron chi connectivity index (χ0n) is 17.0. The Morgan fingerprint density at radius 3 is 2.52 bits per heavy atom. The molecule has 0 aliphatic rings. The monoisotopic (exact) mass is 464 g/mol. The molecule has 31 heavy (non-hydrogen) atoms. The van der Waals surface area contributed by atoms with E-state index in [2.05, 4.69) is 4.99 Å². The van der Waals surface area contributed by atoms with Gasteiger partial charge >= 0.3 is 5.97 Å². The van der Waals surface area contributed by atoms with Gasteiger partial charge in [0.15, 0.2) is 14.6 Å². The van der Waals surface area contributed by atoms with E-state index in [9.17, 15) is 22.4 Å². The number of hydrogen-bond donors (Lipinski definition) is 0. The summed E-state index contributed by atoms with van der Waals surface area (Å²) in [5.41, 5.74) is 1.24. The number of carbonyl (C=O) groups is 2. The van der Waals surface area contributed by atoms with Crippen LogP contribution >= 0.6 is 11.3 Å². The van der Waals surface area contributed by atoms with Crippen molar-refractivity contribution in [1.29, 1.82) is 0 Å². The van der Waals surface area contributed by atoms with Crippen molar-refractivity contribution < 1.29 is 27.1 Å². The van der Waals surface area contributed by atoms with Gasteiger partial charge in [0, 0.05) is 13.0 Å². The lowest BCUT2D eigenvalue weighted by atomic mass is 10.2. The first-order valence-corrected chi connectivity index (χ1v) is 12.0. The fourth-order valence-electron chi connectivity index (χ4n) is 3.04. The average Bonchev–Trinajstić information content (AvgIpc) is 3.09. The number of halogens is 1. The van der Waals surface area contributed by atoms with E-state index in [4.69, 9.17) is 4.74 Å². The topological polar surface area (TPSA) is 94.8 Å². The molecule has 0 saturated carbocycles. The molecule has 7 nitrogen and oxygen atoms in total. The number of rotatable bonds is 7. The average molecular weight is 465 g/mol. The van der Waals surface area contributed by atoms with Crippen LogP contribution in [0.15, 0.2) is 52.4 Å². The number of carbonyl (C=O) groups excluding carboxylic acids is 2. The second kappa shape index (κ2) is 9.52. The van der Waals surface area contributed by atoms with Crippen LogP contribution in [0.4, 0.5) is 4.39 Å². The van der Waals surface area contributed by atoms with Crippen molar-refractivity contribution in [2.45, 2.75) is 31.2 Å². The lowest BCUT2D eigenvalue weighted by Crippen LogP contribution is -2.16. The Bertz CT molecular complexity index is 1290. The molecule has 0 unspecified atom stereocenters. The van der Waals surface area contributed by atoms with E-state index in [1.807, 2.05) is 11.5 Å². The predicted octanol–water partition coefficient (Wildman–Crippen LogP) is 3.33. The highest BCUT2D eigenvalue weighted by molar-refractivity contribution is 7.91. The molecule has 0 aliphatic heterocycles. The predicted molar refractivity (Wildman–Crippen MR) is 115 cm³/mol. The second-order valence-electron chi connectivity index (χ2n) is 6.68. The van der Waals surface area contributed by atoms with Crippen LogP contribution in [0.3, 0.4) is 0 Å². The molecule has 0 fully saturated rings. The van der Waals surface area contributed by atoms with Crippen molar-refractivity contribution >= 4 is 43.3 Å². The van der Waals surface area contributed by atoms with Gasteiger partial charge in [-0.15, -0.1) is 0 Å². The molecule has 0 radical (unpaired) electrons. The lowest BCUT2D eigenvalue weighted by Gasteiger charge is -2.03. The number of aromatic nitrogens is 1. The summed E-state index contributed by atoms with van der Waals surface area (Å²) in [6.07, 6.45) is 0.0668. The Balaban J connectivity index is 1.75. The molecule has 10 heteroatoms. The maximum absolute atomic E-state index is 13.0. The fraction of sp³-hybridized carbons (Fsp3) is 0.286. The zero-order valence-corrected chi connectivity index (χ0v) is 18.6. The number of aryl methyl sites for hydroxylation is 1. The first kappa shape index (κ1) is 22.8. The lowest BCUT2D eigenvalue weighted by molar-refractivity contribution is -0.118. The Morgan fingerprint density at radius 1 is 1.16 bits per heavy atom. The molecule has 0 saturated heterocycles. The summed E-state index contributed by atoms with van der Waals surface area (Å²) in [4.78, 5) is 28.7. The van der Waals surface area contributed by atoms with Gasteiger partial charge in [0.05, 0.1) is 33.5 Å². The summed E-state index contributed by atoms with van der Waals surface area (Å²) in [6, 6.07) is 9.71. The van der Waals surface area contributed by atoms with E-state index in [0.717, 1.165) is 22.3 Å². The van der Waals surface area contributed by atoms with Crippen LogP contribution in [0.1, 0.15) is 30.1 Å². The van der Waals surface area contributed by atoms with Crippen molar-refractivity contribution in [2.75, 3.05) is 12.9 Å². The molecule has 1 aromatic heterocycles. The zero-order chi connectivity index (χ0) is 22.6. The Morgan fingerprint density at radius 2 is 1.87 bits per heavy atom. The molecule has 3 aromatic rings. The third-order valence-electron chi connectivity index (χ3n) is 4.62. The standard InChI is InChI=1S/C21H21FN2O5S2/c1-3-24-17-11-6-14(20(26)29-2)13-18(17)30-21(24)23-19(25)5-4-12-31(27,28)16-9-7-15(22)8-10-16/h6-11,13H,3-5,12H2,1-2H3. The number of thiazole rings is 1. The van der Waals surface area contributed by atoms with Crippen LogP contribution in [0, 0.1) is 5.82 Å². The maximum Gasteiger partial charge on any atom is 0.337 e. The number of hydrogen-bond acceptors (Lipinski definition) is 6. The normalized spacial score (nSPS) is 12.3. The number of fused-ring (bicyclic) bond motifs is 1. The number of benzene rings is 2. The summed E-state index contributed by atoms with van der Waals surface area (Å²) in [7, 11) is -2.29. The molecule has 1 heterocycles. The van der Waals surface area contributed by atoms with E-state index in [1.54, 1.807) is 18.2 Å². The van der Waals surface area contributed by atoms with Crippen LogP contribution in [0.5, 0.6) is 0 Å². The summed E-state index contributed by atoms with van der Waals surface area (Å²) in [5, 5.41) is 0. The number of esters is 1. The Labute approximate surface area is 182 Å². The van der Waals surface area contributed by atoms with E-state index >= 15 is 0 Å². The molecular weight excluding hydrogens is 443 g/mol. The quantitative estimate of drug-likeness (QED) is 0.395. The van der Waals surface area contributed by atoms with Gasteiger partial charge in [-0.1, -0.05) is 11.3 Å². The van der Waals surface area contributed by atoms with Crippen LogP contribution in [-0.2, 0) is 25.9 Å². The first-order chi connectivity index (χ1) is 14.7. The van der Waals surface area contributed by atoms with Gasteiger partial charge in [0.1, 0.15) is 5.82 Å². The number of nitrogens with zero attached hydrogens (tertiary/aromatic N) is 2. The summed E-state index contributed by atoms with van der Waals surface area (Å²) in [5.74, 6) is -1.63. The van der Waals surface area contributed by atoms with Crippen molar-refractivity contribution in [3.63, 3.8) is 0 Å². The van der Waals surface area contributed by atoms with E-state index in [0.29, 0.717) is 16.9 Å². The minimum Gasteiger partial charge on any atom is -0.465 e. The minimum absolute atomic E-state index is 0.0213. The summed E-state index contributed by atoms with van der Waals surface area (Å²) >= 11 is 1.27. The molecule has 0 spiro atoms. The number of amides is 1. The highest BCUT2D eigenvalue weighted by Gasteiger charge is 2.16. The molecule has 0 atom stereocenters. The van der Waals surface area contributed by atoms with Crippen molar-refractivity contribution in [1.82, 2.24) is 4.57 Å². The van der Waals surface area contributed by atoms with Gasteiger partial charge < -0.3 is 9.30 Å². The molecule has 1 amide bonds. The van der Waals surface area contributed by atoms with Crippen LogP contribution in [0.2, 0.25) is 0 Å². The van der Waals surface area contributed by atoms with Crippen LogP contribution < -0.4 is 4.80 Å².